The fraction of sp³-hybridized carbons (Fsp3) is 0.872. The predicted molar refractivity (Wildman–Crippen MR) is 238 cm³/mol. The summed E-state index contributed by atoms with van der Waals surface area (Å²) in [5, 5.41) is 30.9. The van der Waals surface area contributed by atoms with Gasteiger partial charge in [0.1, 0.15) is 36.8 Å². The molecule has 0 amide bonds. The SMILES string of the molecule is CCCCCCCC/C=C/CCCCCCCCCC(=O)OC[C@H](CO[C@H]1O[C@H](CS(=O)(=O)O)[C@@H](O)C(O)C1O)OC(=O)CCCC/C=C/CCCCCCCCCCC. The maximum atomic E-state index is 12.8. The standard InChI is InChI=1S/C47H86O12S/c1-3-5-7-9-11-13-15-17-19-20-22-23-25-27-29-31-33-35-42(48)56-37-40(38-57-47-46(52)45(51)44(50)41(59-47)39-60(53,54)55)58-43(49)36-34-32-30-28-26-24-21-18-16-14-12-10-8-6-4-2/h17,19,26,28,40-41,44-47,50-52H,3-16,18,20-25,27,29-39H2,1-2H3,(H,53,54,55)/b19-17+,28-26+/t40-,41-,44-,45?,46?,47+/m1/s1. The number of hydrogen-bond donors (Lipinski definition) is 4. The molecule has 1 saturated heterocycles. The zero-order chi connectivity index (χ0) is 44.1. The molecule has 1 aliphatic heterocycles. The van der Waals surface area contributed by atoms with Crippen molar-refractivity contribution >= 4 is 22.1 Å². The maximum Gasteiger partial charge on any atom is 0.306 e. The Balaban J connectivity index is 2.43. The molecule has 1 heterocycles. The van der Waals surface area contributed by atoms with E-state index >= 15 is 0 Å². The highest BCUT2D eigenvalue weighted by molar-refractivity contribution is 7.85. The molecular weight excluding hydrogens is 789 g/mol. The number of allylic oxidation sites excluding steroid dienone is 4. The molecule has 0 radical (unpaired) electrons. The van der Waals surface area contributed by atoms with E-state index in [-0.39, 0.29) is 19.4 Å². The number of carbonyl (C=O) groups excluding carboxylic acids is 2. The van der Waals surface area contributed by atoms with Gasteiger partial charge in [-0.2, -0.15) is 8.42 Å². The van der Waals surface area contributed by atoms with Gasteiger partial charge in [-0.1, -0.05) is 154 Å². The van der Waals surface area contributed by atoms with Crippen molar-refractivity contribution < 1.29 is 56.8 Å². The van der Waals surface area contributed by atoms with Crippen molar-refractivity contribution in [1.29, 1.82) is 0 Å². The van der Waals surface area contributed by atoms with Gasteiger partial charge >= 0.3 is 11.9 Å². The minimum Gasteiger partial charge on any atom is -0.462 e. The van der Waals surface area contributed by atoms with Gasteiger partial charge in [0.25, 0.3) is 10.1 Å². The van der Waals surface area contributed by atoms with Crippen molar-refractivity contribution in [2.75, 3.05) is 19.0 Å². The molecule has 1 fully saturated rings. The Bertz CT molecular complexity index is 1210. The van der Waals surface area contributed by atoms with Crippen LogP contribution in [0.2, 0.25) is 0 Å². The van der Waals surface area contributed by atoms with E-state index in [1.165, 1.54) is 122 Å². The summed E-state index contributed by atoms with van der Waals surface area (Å²) in [7, 11) is -4.60. The fourth-order valence-corrected chi connectivity index (χ4v) is 7.95. The van der Waals surface area contributed by atoms with Crippen LogP contribution in [0, 0.1) is 0 Å². The summed E-state index contributed by atoms with van der Waals surface area (Å²) < 4.78 is 54.1. The molecule has 1 rings (SSSR count). The number of rotatable bonds is 40. The third-order valence-electron chi connectivity index (χ3n) is 11.0. The highest BCUT2D eigenvalue weighted by Crippen LogP contribution is 2.24. The van der Waals surface area contributed by atoms with Gasteiger partial charge in [-0.15, -0.1) is 0 Å². The Labute approximate surface area is 364 Å². The molecule has 0 bridgehead atoms. The van der Waals surface area contributed by atoms with Gasteiger partial charge in [-0.3, -0.25) is 14.1 Å². The van der Waals surface area contributed by atoms with E-state index in [1.54, 1.807) is 0 Å². The van der Waals surface area contributed by atoms with Crippen LogP contribution in [-0.2, 0) is 38.7 Å². The Kier molecular flexibility index (Phi) is 35.2. The number of esters is 2. The summed E-state index contributed by atoms with van der Waals surface area (Å²) in [6.07, 6.45) is 32.2. The lowest BCUT2D eigenvalue weighted by molar-refractivity contribution is -0.297. The Morgan fingerprint density at radius 1 is 0.550 bits per heavy atom. The lowest BCUT2D eigenvalue weighted by Crippen LogP contribution is -2.60. The first kappa shape index (κ1) is 56.1. The second-order valence-electron chi connectivity index (χ2n) is 16.8. The summed E-state index contributed by atoms with van der Waals surface area (Å²) in [5.74, 6) is -2.01. The van der Waals surface area contributed by atoms with Crippen LogP contribution < -0.4 is 0 Å². The van der Waals surface area contributed by atoms with Gasteiger partial charge in [0.05, 0.1) is 6.61 Å². The smallest absolute Gasteiger partial charge is 0.306 e. The van der Waals surface area contributed by atoms with Gasteiger partial charge in [0.2, 0.25) is 0 Å². The van der Waals surface area contributed by atoms with Crippen LogP contribution in [-0.4, -0.2) is 96.0 Å². The van der Waals surface area contributed by atoms with Gasteiger partial charge in [0.15, 0.2) is 12.4 Å². The maximum absolute atomic E-state index is 12.8. The third kappa shape index (κ3) is 31.9. The second-order valence-corrected chi connectivity index (χ2v) is 18.3. The molecule has 0 aliphatic carbocycles. The molecule has 352 valence electrons. The van der Waals surface area contributed by atoms with Gasteiger partial charge in [0, 0.05) is 12.8 Å². The molecule has 0 saturated carbocycles. The van der Waals surface area contributed by atoms with Crippen LogP contribution in [0.25, 0.3) is 0 Å². The first-order valence-electron chi connectivity index (χ1n) is 23.9. The highest BCUT2D eigenvalue weighted by Gasteiger charge is 2.46. The molecule has 0 spiro atoms. The molecule has 60 heavy (non-hydrogen) atoms. The van der Waals surface area contributed by atoms with Crippen LogP contribution in [0.3, 0.4) is 0 Å². The molecule has 0 aromatic carbocycles. The zero-order valence-electron chi connectivity index (χ0n) is 37.6. The Morgan fingerprint density at radius 2 is 0.950 bits per heavy atom. The number of unbranched alkanes of at least 4 members (excludes halogenated alkanes) is 24. The predicted octanol–water partition coefficient (Wildman–Crippen LogP) is 10.0. The lowest BCUT2D eigenvalue weighted by atomic mass is 10.00. The van der Waals surface area contributed by atoms with Crippen molar-refractivity contribution in [3.8, 4) is 0 Å². The van der Waals surface area contributed by atoms with E-state index in [9.17, 15) is 37.9 Å². The number of aliphatic hydroxyl groups excluding tert-OH is 3. The first-order chi connectivity index (χ1) is 29.0. The zero-order valence-corrected chi connectivity index (χ0v) is 38.4. The van der Waals surface area contributed by atoms with Crippen LogP contribution in [0.4, 0.5) is 0 Å². The third-order valence-corrected chi connectivity index (χ3v) is 11.8. The van der Waals surface area contributed by atoms with Crippen molar-refractivity contribution in [3.63, 3.8) is 0 Å². The minimum absolute atomic E-state index is 0.135. The molecule has 2 unspecified atom stereocenters. The van der Waals surface area contributed by atoms with Crippen molar-refractivity contribution in [2.24, 2.45) is 0 Å². The van der Waals surface area contributed by atoms with Gasteiger partial charge < -0.3 is 34.3 Å². The van der Waals surface area contributed by atoms with E-state index in [0.717, 1.165) is 44.9 Å². The first-order valence-corrected chi connectivity index (χ1v) is 25.5. The van der Waals surface area contributed by atoms with E-state index in [4.69, 9.17) is 18.9 Å². The Morgan fingerprint density at radius 3 is 1.42 bits per heavy atom. The van der Waals surface area contributed by atoms with Crippen LogP contribution >= 0.6 is 0 Å². The summed E-state index contributed by atoms with van der Waals surface area (Å²) in [6, 6.07) is 0. The quantitative estimate of drug-likeness (QED) is 0.0198. The molecule has 12 nitrogen and oxygen atoms in total. The second kappa shape index (κ2) is 37.7. The van der Waals surface area contributed by atoms with Crippen LogP contribution in [0.1, 0.15) is 206 Å². The number of ether oxygens (including phenoxy) is 4. The average molecular weight is 875 g/mol. The minimum atomic E-state index is -4.60. The molecule has 6 atom stereocenters. The summed E-state index contributed by atoms with van der Waals surface area (Å²) in [6.45, 7) is 3.75. The van der Waals surface area contributed by atoms with Crippen LogP contribution in [0.15, 0.2) is 24.3 Å². The summed E-state index contributed by atoms with van der Waals surface area (Å²) in [5.41, 5.74) is 0. The normalized spacial score (nSPS) is 20.3. The van der Waals surface area contributed by atoms with Crippen molar-refractivity contribution in [3.05, 3.63) is 24.3 Å². The number of hydrogen-bond acceptors (Lipinski definition) is 11. The van der Waals surface area contributed by atoms with Crippen molar-refractivity contribution in [1.82, 2.24) is 0 Å². The number of aliphatic hydroxyl groups is 3. The van der Waals surface area contributed by atoms with Gasteiger partial charge in [-0.25, -0.2) is 0 Å². The fourth-order valence-electron chi connectivity index (χ4n) is 7.25. The molecule has 4 N–H and O–H groups in total. The molecule has 0 aromatic heterocycles. The lowest BCUT2D eigenvalue weighted by Gasteiger charge is -2.40. The number of carbonyl (C=O) groups is 2. The largest absolute Gasteiger partial charge is 0.462 e. The van der Waals surface area contributed by atoms with Crippen molar-refractivity contribution in [2.45, 2.75) is 243 Å². The average Bonchev–Trinajstić information content (AvgIpc) is 3.21. The summed E-state index contributed by atoms with van der Waals surface area (Å²) in [4.78, 5) is 25.4. The molecule has 13 heteroatoms. The molecular formula is C47H86O12S. The summed E-state index contributed by atoms with van der Waals surface area (Å²) >= 11 is 0. The topological polar surface area (TPSA) is 186 Å². The molecule has 1 aliphatic rings. The van der Waals surface area contributed by atoms with E-state index in [1.807, 2.05) is 0 Å². The van der Waals surface area contributed by atoms with E-state index in [2.05, 4.69) is 38.2 Å². The van der Waals surface area contributed by atoms with Gasteiger partial charge in [-0.05, 0) is 64.2 Å². The highest BCUT2D eigenvalue weighted by atomic mass is 32.2. The molecule has 0 aromatic rings. The van der Waals surface area contributed by atoms with Crippen LogP contribution in [0.5, 0.6) is 0 Å². The Hall–Kier alpha value is -1.87. The van der Waals surface area contributed by atoms with E-state index < -0.39 is 71.2 Å². The monoisotopic (exact) mass is 875 g/mol. The van der Waals surface area contributed by atoms with E-state index in [0.29, 0.717) is 12.8 Å².